The third kappa shape index (κ3) is 3.47. The van der Waals surface area contributed by atoms with E-state index in [1.165, 1.54) is 0 Å². The highest BCUT2D eigenvalue weighted by Gasteiger charge is 2.35. The molecule has 0 aromatic carbocycles. The second-order valence-corrected chi connectivity index (χ2v) is 7.25. The Labute approximate surface area is 162 Å². The lowest BCUT2D eigenvalue weighted by molar-refractivity contribution is -0.132. The zero-order valence-electron chi connectivity index (χ0n) is 15.2. The Bertz CT molecular complexity index is 987. The molecule has 2 N–H and O–H groups in total. The van der Waals surface area contributed by atoms with E-state index < -0.39 is 0 Å². The fraction of sp³-hybridized carbons (Fsp3) is 0.368. The number of anilines is 1. The van der Waals surface area contributed by atoms with Crippen molar-refractivity contribution in [2.75, 3.05) is 11.9 Å². The average molecular weight is 385 g/mol. The highest BCUT2D eigenvalue weighted by molar-refractivity contribution is 6.34. The maximum absolute atomic E-state index is 12.3. The van der Waals surface area contributed by atoms with Crippen LogP contribution in [0.3, 0.4) is 0 Å². The van der Waals surface area contributed by atoms with Crippen LogP contribution in [-0.4, -0.2) is 43.5 Å². The number of hydrogen-bond acceptors (Lipinski definition) is 5. The molecule has 8 heteroatoms. The molecule has 0 aliphatic carbocycles. The Balaban J connectivity index is 1.72. The van der Waals surface area contributed by atoms with Gasteiger partial charge in [0.25, 0.3) is 0 Å². The second kappa shape index (κ2) is 7.15. The van der Waals surface area contributed by atoms with Gasteiger partial charge in [-0.3, -0.25) is 4.79 Å². The summed E-state index contributed by atoms with van der Waals surface area (Å²) < 4.78 is 0. The normalized spacial score (nSPS) is 20.0. The summed E-state index contributed by atoms with van der Waals surface area (Å²) in [5.74, 6) is 0.762. The van der Waals surface area contributed by atoms with Crippen molar-refractivity contribution in [3.05, 3.63) is 47.0 Å². The molecule has 140 valence electrons. The van der Waals surface area contributed by atoms with Crippen LogP contribution in [-0.2, 0) is 4.79 Å². The first-order chi connectivity index (χ1) is 13.0. The van der Waals surface area contributed by atoms with Gasteiger partial charge in [0.1, 0.15) is 17.5 Å². The number of likely N-dealkylation sites (tertiary alicyclic amines) is 1. The largest absolute Gasteiger partial charge is 0.349 e. The van der Waals surface area contributed by atoms with Crippen molar-refractivity contribution in [1.82, 2.24) is 24.8 Å². The van der Waals surface area contributed by atoms with E-state index in [2.05, 4.69) is 20.3 Å². The van der Waals surface area contributed by atoms with Crippen molar-refractivity contribution in [1.29, 1.82) is 0 Å². The lowest BCUT2D eigenvalue weighted by Crippen LogP contribution is -2.51. The minimum absolute atomic E-state index is 0.00664. The van der Waals surface area contributed by atoms with Crippen molar-refractivity contribution in [2.24, 2.45) is 0 Å². The first-order valence-electron chi connectivity index (χ1n) is 9.00. The third-order valence-electron chi connectivity index (χ3n) is 4.95. The number of aryl methyl sites for hydroxylation is 1. The molecular formula is C19H21ClN6O. The molecule has 0 saturated carbocycles. The van der Waals surface area contributed by atoms with Crippen LogP contribution in [0.15, 0.2) is 30.6 Å². The van der Waals surface area contributed by atoms with Gasteiger partial charge in [-0.2, -0.15) is 0 Å². The van der Waals surface area contributed by atoms with Crippen molar-refractivity contribution in [3.63, 3.8) is 0 Å². The lowest BCUT2D eigenvalue weighted by atomic mass is 9.91. The van der Waals surface area contributed by atoms with Gasteiger partial charge in [-0.15, -0.1) is 0 Å². The van der Waals surface area contributed by atoms with E-state index in [-0.39, 0.29) is 18.0 Å². The quantitative estimate of drug-likeness (QED) is 0.721. The summed E-state index contributed by atoms with van der Waals surface area (Å²) in [6, 6.07) is 5.81. The molecule has 4 heterocycles. The van der Waals surface area contributed by atoms with E-state index in [1.54, 1.807) is 19.3 Å². The maximum Gasteiger partial charge on any atom is 0.221 e. The molecule has 1 aliphatic heterocycles. The van der Waals surface area contributed by atoms with Crippen LogP contribution < -0.4 is 5.32 Å². The number of piperidine rings is 1. The zero-order valence-corrected chi connectivity index (χ0v) is 16.0. The van der Waals surface area contributed by atoms with Crippen molar-refractivity contribution in [3.8, 4) is 0 Å². The molecule has 1 amide bonds. The summed E-state index contributed by atoms with van der Waals surface area (Å²) in [6.45, 7) is 4.24. The number of hydrogen-bond donors (Lipinski definition) is 2. The summed E-state index contributed by atoms with van der Waals surface area (Å²) in [4.78, 5) is 30.9. The van der Waals surface area contributed by atoms with Crippen molar-refractivity contribution < 1.29 is 4.79 Å². The van der Waals surface area contributed by atoms with Gasteiger partial charge in [0.2, 0.25) is 5.91 Å². The van der Waals surface area contributed by atoms with Crippen molar-refractivity contribution in [2.45, 2.75) is 38.8 Å². The molecule has 4 rings (SSSR count). The molecule has 0 spiro atoms. The number of nitrogens with one attached hydrogen (secondary N) is 2. The SMILES string of the molecule is CC(=O)N1CCCC(c2cnc3[nH]cc(Cl)c3n2)C1Nc1cccc(C)n1. The number of aromatic amines is 1. The van der Waals surface area contributed by atoms with Gasteiger partial charge in [0.15, 0.2) is 5.65 Å². The monoisotopic (exact) mass is 384 g/mol. The summed E-state index contributed by atoms with van der Waals surface area (Å²) in [7, 11) is 0. The number of carbonyl (C=O) groups is 1. The smallest absolute Gasteiger partial charge is 0.221 e. The number of pyridine rings is 1. The maximum atomic E-state index is 12.3. The fourth-order valence-corrected chi connectivity index (χ4v) is 3.85. The van der Waals surface area contributed by atoms with Crippen LogP contribution in [0.1, 0.15) is 37.1 Å². The number of amides is 1. The van der Waals surface area contributed by atoms with Crippen LogP contribution in [0.2, 0.25) is 5.02 Å². The molecule has 3 aromatic heterocycles. The Kier molecular flexibility index (Phi) is 4.70. The van der Waals surface area contributed by atoms with E-state index in [4.69, 9.17) is 16.6 Å². The van der Waals surface area contributed by atoms with E-state index in [0.29, 0.717) is 22.7 Å². The second-order valence-electron chi connectivity index (χ2n) is 6.84. The molecule has 2 atom stereocenters. The van der Waals surface area contributed by atoms with Crippen molar-refractivity contribution >= 4 is 34.5 Å². The summed E-state index contributed by atoms with van der Waals surface area (Å²) in [5.41, 5.74) is 3.05. The average Bonchev–Trinajstić information content (AvgIpc) is 3.02. The van der Waals surface area contributed by atoms with E-state index >= 15 is 0 Å². The summed E-state index contributed by atoms with van der Waals surface area (Å²) in [6.07, 6.45) is 5.02. The standard InChI is InChI=1S/C19H21ClN6O/c1-11-5-3-7-16(23-11)25-19-13(6-4-8-26(19)12(2)27)15-10-22-18-17(24-15)14(20)9-21-18/h3,5,7,9-10,13,19H,4,6,8H2,1-2H3,(H,21,22)(H,23,25). The van der Waals surface area contributed by atoms with E-state index in [1.807, 2.05) is 30.0 Å². The molecule has 0 bridgehead atoms. The highest BCUT2D eigenvalue weighted by Crippen LogP contribution is 2.33. The zero-order chi connectivity index (χ0) is 19.0. The molecule has 27 heavy (non-hydrogen) atoms. The molecule has 1 fully saturated rings. The van der Waals surface area contributed by atoms with Gasteiger partial charge in [0, 0.05) is 31.3 Å². The predicted octanol–water partition coefficient (Wildman–Crippen LogP) is 3.48. The Morgan fingerprint density at radius 1 is 1.37 bits per heavy atom. The van der Waals surface area contributed by atoms with Gasteiger partial charge >= 0.3 is 0 Å². The van der Waals surface area contributed by atoms with Gasteiger partial charge in [-0.05, 0) is 31.9 Å². The van der Waals surface area contributed by atoms with Gasteiger partial charge in [0.05, 0.1) is 16.9 Å². The van der Waals surface area contributed by atoms with E-state index in [9.17, 15) is 4.79 Å². The number of halogens is 1. The number of rotatable bonds is 3. The third-order valence-corrected chi connectivity index (χ3v) is 5.24. The first kappa shape index (κ1) is 17.7. The molecule has 2 unspecified atom stereocenters. The number of aromatic nitrogens is 4. The molecule has 0 radical (unpaired) electrons. The van der Waals surface area contributed by atoms with Crippen LogP contribution in [0.25, 0.3) is 11.2 Å². The number of nitrogens with zero attached hydrogens (tertiary/aromatic N) is 4. The minimum Gasteiger partial charge on any atom is -0.349 e. The highest BCUT2D eigenvalue weighted by atomic mass is 35.5. The molecular weight excluding hydrogens is 364 g/mol. The van der Waals surface area contributed by atoms with Crippen LogP contribution >= 0.6 is 11.6 Å². The number of H-pyrrole nitrogens is 1. The van der Waals surface area contributed by atoms with Crippen LogP contribution in [0.4, 0.5) is 5.82 Å². The fourth-order valence-electron chi connectivity index (χ4n) is 3.67. The molecule has 3 aromatic rings. The Hall–Kier alpha value is -2.67. The van der Waals surface area contributed by atoms with Gasteiger partial charge < -0.3 is 15.2 Å². The molecule has 1 aliphatic rings. The number of fused-ring (bicyclic) bond motifs is 1. The van der Waals surface area contributed by atoms with Crippen LogP contribution in [0, 0.1) is 6.92 Å². The molecule has 1 saturated heterocycles. The first-order valence-corrected chi connectivity index (χ1v) is 9.37. The van der Waals surface area contributed by atoms with Gasteiger partial charge in [-0.1, -0.05) is 17.7 Å². The van der Waals surface area contributed by atoms with E-state index in [0.717, 1.165) is 30.0 Å². The molecule has 7 nitrogen and oxygen atoms in total. The van der Waals surface area contributed by atoms with Gasteiger partial charge in [-0.25, -0.2) is 15.0 Å². The topological polar surface area (TPSA) is 86.8 Å². The Morgan fingerprint density at radius 2 is 2.22 bits per heavy atom. The predicted molar refractivity (Wildman–Crippen MR) is 105 cm³/mol. The minimum atomic E-state index is -0.241. The lowest BCUT2D eigenvalue weighted by Gasteiger charge is -2.41. The number of carbonyl (C=O) groups excluding carboxylic acids is 1. The van der Waals surface area contributed by atoms with Crippen LogP contribution in [0.5, 0.6) is 0 Å². The summed E-state index contributed by atoms with van der Waals surface area (Å²) >= 11 is 6.22. The Morgan fingerprint density at radius 3 is 3.00 bits per heavy atom. The summed E-state index contributed by atoms with van der Waals surface area (Å²) in [5, 5.41) is 3.99.